The van der Waals surface area contributed by atoms with Crippen LogP contribution in [0.25, 0.3) is 0 Å². The second-order valence-corrected chi connectivity index (χ2v) is 4.33. The molecule has 0 heterocycles. The van der Waals surface area contributed by atoms with Crippen molar-refractivity contribution in [1.82, 2.24) is 4.90 Å². The largest absolute Gasteiger partial charge is 0.491 e. The summed E-state index contributed by atoms with van der Waals surface area (Å²) in [5.74, 6) is 0.685. The lowest BCUT2D eigenvalue weighted by atomic mass is 10.2. The molecular weight excluding hydrogens is 242 g/mol. The number of hydrogen-bond donors (Lipinski definition) is 2. The molecule has 0 atom stereocenters. The van der Waals surface area contributed by atoms with Crippen LogP contribution >= 0.6 is 0 Å². The van der Waals surface area contributed by atoms with Crippen LogP contribution in [-0.2, 0) is 4.79 Å². The van der Waals surface area contributed by atoms with Gasteiger partial charge < -0.3 is 20.7 Å². The van der Waals surface area contributed by atoms with E-state index in [4.69, 9.17) is 10.5 Å². The van der Waals surface area contributed by atoms with Crippen LogP contribution in [0.15, 0.2) is 18.2 Å². The van der Waals surface area contributed by atoms with E-state index in [1.54, 1.807) is 11.9 Å². The molecule has 1 rings (SSSR count). The Balaban J connectivity index is 2.66. The first-order chi connectivity index (χ1) is 9.10. The van der Waals surface area contributed by atoms with Crippen LogP contribution < -0.4 is 15.8 Å². The van der Waals surface area contributed by atoms with E-state index in [0.29, 0.717) is 24.6 Å². The summed E-state index contributed by atoms with van der Waals surface area (Å²) in [7, 11) is 1.77. The van der Waals surface area contributed by atoms with Crippen LogP contribution in [0.4, 0.5) is 11.4 Å². The molecule has 3 N–H and O–H groups in total. The molecular formula is C14H23N3O2. The maximum absolute atomic E-state index is 11.7. The Bertz CT molecular complexity index is 421. The third-order valence-corrected chi connectivity index (χ3v) is 2.86. The molecule has 1 amide bonds. The lowest BCUT2D eigenvalue weighted by Gasteiger charge is -2.17. The first kappa shape index (κ1) is 15.1. The predicted molar refractivity (Wildman–Crippen MR) is 78.4 cm³/mol. The topological polar surface area (TPSA) is 67.6 Å². The van der Waals surface area contributed by atoms with E-state index < -0.39 is 0 Å². The third-order valence-electron chi connectivity index (χ3n) is 2.86. The van der Waals surface area contributed by atoms with E-state index in [-0.39, 0.29) is 12.5 Å². The monoisotopic (exact) mass is 265 g/mol. The minimum Gasteiger partial charge on any atom is -0.491 e. The van der Waals surface area contributed by atoms with Crippen molar-refractivity contribution in [2.75, 3.05) is 37.8 Å². The Morgan fingerprint density at radius 1 is 1.42 bits per heavy atom. The van der Waals surface area contributed by atoms with E-state index in [1.807, 2.05) is 32.0 Å². The van der Waals surface area contributed by atoms with E-state index in [9.17, 15) is 4.79 Å². The number of carbonyl (C=O) groups is 1. The number of hydrogen-bond acceptors (Lipinski definition) is 4. The molecule has 106 valence electrons. The zero-order valence-electron chi connectivity index (χ0n) is 11.9. The molecule has 0 unspecified atom stereocenters. The van der Waals surface area contributed by atoms with Crippen molar-refractivity contribution in [3.8, 4) is 5.75 Å². The van der Waals surface area contributed by atoms with Gasteiger partial charge in [0.2, 0.25) is 5.91 Å². The number of nitrogens with two attached hydrogens (primary N) is 1. The highest BCUT2D eigenvalue weighted by molar-refractivity contribution is 5.83. The Morgan fingerprint density at radius 3 is 2.79 bits per heavy atom. The van der Waals surface area contributed by atoms with Crippen molar-refractivity contribution in [3.63, 3.8) is 0 Å². The Morgan fingerprint density at radius 2 is 2.16 bits per heavy atom. The minimum atomic E-state index is 0.0294. The first-order valence-electron chi connectivity index (χ1n) is 6.59. The number of anilines is 2. The van der Waals surface area contributed by atoms with E-state index >= 15 is 0 Å². The summed E-state index contributed by atoms with van der Waals surface area (Å²) in [5.41, 5.74) is 7.28. The highest BCUT2D eigenvalue weighted by Gasteiger charge is 2.09. The van der Waals surface area contributed by atoms with Crippen LogP contribution in [0, 0.1) is 0 Å². The molecule has 5 heteroatoms. The van der Waals surface area contributed by atoms with Crippen LogP contribution in [0.5, 0.6) is 5.75 Å². The fourth-order valence-electron chi connectivity index (χ4n) is 1.52. The number of benzene rings is 1. The van der Waals surface area contributed by atoms with Gasteiger partial charge in [0.15, 0.2) is 0 Å². The second kappa shape index (κ2) is 7.51. The van der Waals surface area contributed by atoms with Gasteiger partial charge in [-0.2, -0.15) is 0 Å². The van der Waals surface area contributed by atoms with E-state index in [0.717, 1.165) is 12.1 Å². The quantitative estimate of drug-likeness (QED) is 0.739. The molecule has 0 spiro atoms. The van der Waals surface area contributed by atoms with Crippen molar-refractivity contribution in [1.29, 1.82) is 0 Å². The van der Waals surface area contributed by atoms with Crippen molar-refractivity contribution in [3.05, 3.63) is 18.2 Å². The van der Waals surface area contributed by atoms with Gasteiger partial charge in [-0.1, -0.05) is 13.0 Å². The summed E-state index contributed by atoms with van der Waals surface area (Å²) in [6, 6.07) is 5.53. The fourth-order valence-corrected chi connectivity index (χ4v) is 1.52. The van der Waals surface area contributed by atoms with Gasteiger partial charge in [-0.15, -0.1) is 0 Å². The summed E-state index contributed by atoms with van der Waals surface area (Å²) < 4.78 is 5.54. The Hall–Kier alpha value is -1.91. The smallest absolute Gasteiger partial charge is 0.241 e. The number of carbonyl (C=O) groups excluding carboxylic acids is 1. The van der Waals surface area contributed by atoms with E-state index in [1.165, 1.54) is 0 Å². The molecule has 0 aliphatic rings. The molecule has 0 aromatic heterocycles. The highest BCUT2D eigenvalue weighted by Crippen LogP contribution is 2.29. The van der Waals surface area contributed by atoms with Gasteiger partial charge in [0.05, 0.1) is 24.5 Å². The molecule has 0 fully saturated rings. The number of likely N-dealkylation sites (N-methyl/N-ethyl adjacent to an activating group) is 1. The van der Waals surface area contributed by atoms with Crippen molar-refractivity contribution in [2.24, 2.45) is 0 Å². The van der Waals surface area contributed by atoms with Crippen molar-refractivity contribution < 1.29 is 9.53 Å². The van der Waals surface area contributed by atoms with Crippen molar-refractivity contribution in [2.45, 2.75) is 20.3 Å². The normalized spacial score (nSPS) is 10.1. The molecule has 19 heavy (non-hydrogen) atoms. The number of ether oxygens (including phenoxy) is 1. The Kier molecular flexibility index (Phi) is 5.99. The maximum Gasteiger partial charge on any atom is 0.241 e. The number of nitrogens with zero attached hydrogens (tertiary/aromatic N) is 1. The Labute approximate surface area is 114 Å². The van der Waals surface area contributed by atoms with Crippen LogP contribution in [0.2, 0.25) is 0 Å². The molecule has 1 aromatic carbocycles. The maximum atomic E-state index is 11.7. The number of nitrogen functional groups attached to an aromatic ring is 1. The zero-order chi connectivity index (χ0) is 14.3. The van der Waals surface area contributed by atoms with Gasteiger partial charge in [0.25, 0.3) is 0 Å². The molecule has 0 aliphatic heterocycles. The molecule has 0 saturated heterocycles. The molecule has 0 bridgehead atoms. The van der Waals surface area contributed by atoms with Gasteiger partial charge in [0.1, 0.15) is 5.75 Å². The van der Waals surface area contributed by atoms with Crippen LogP contribution in [0.3, 0.4) is 0 Å². The lowest BCUT2D eigenvalue weighted by molar-refractivity contribution is -0.127. The van der Waals surface area contributed by atoms with Gasteiger partial charge in [-0.05, 0) is 25.5 Å². The third kappa shape index (κ3) is 4.35. The van der Waals surface area contributed by atoms with E-state index in [2.05, 4.69) is 5.32 Å². The highest BCUT2D eigenvalue weighted by atomic mass is 16.5. The summed E-state index contributed by atoms with van der Waals surface area (Å²) in [4.78, 5) is 13.4. The summed E-state index contributed by atoms with van der Waals surface area (Å²) in [6.45, 7) is 5.52. The number of nitrogens with one attached hydrogen (secondary N) is 1. The number of amides is 1. The summed E-state index contributed by atoms with van der Waals surface area (Å²) in [5, 5.41) is 3.05. The zero-order valence-corrected chi connectivity index (χ0v) is 11.9. The predicted octanol–water partition coefficient (Wildman–Crippen LogP) is 1.95. The fraction of sp³-hybridized carbons (Fsp3) is 0.500. The molecule has 1 aromatic rings. The SMILES string of the molecule is CCCOc1cccc(NCC(=O)N(C)CC)c1N. The van der Waals surface area contributed by atoms with Crippen LogP contribution in [-0.4, -0.2) is 37.6 Å². The van der Waals surface area contributed by atoms with Crippen molar-refractivity contribution >= 4 is 17.3 Å². The average Bonchev–Trinajstić information content (AvgIpc) is 2.43. The van der Waals surface area contributed by atoms with Gasteiger partial charge >= 0.3 is 0 Å². The summed E-state index contributed by atoms with van der Waals surface area (Å²) >= 11 is 0. The van der Waals surface area contributed by atoms with Crippen LogP contribution in [0.1, 0.15) is 20.3 Å². The second-order valence-electron chi connectivity index (χ2n) is 4.33. The number of rotatable bonds is 7. The molecule has 0 saturated carbocycles. The summed E-state index contributed by atoms with van der Waals surface area (Å²) in [6.07, 6.45) is 0.927. The molecule has 5 nitrogen and oxygen atoms in total. The lowest BCUT2D eigenvalue weighted by Crippen LogP contribution is -2.32. The van der Waals surface area contributed by atoms with Gasteiger partial charge in [0, 0.05) is 13.6 Å². The minimum absolute atomic E-state index is 0.0294. The average molecular weight is 265 g/mol. The van der Waals surface area contributed by atoms with Gasteiger partial charge in [-0.3, -0.25) is 4.79 Å². The first-order valence-corrected chi connectivity index (χ1v) is 6.59. The molecule has 0 aliphatic carbocycles. The van der Waals surface area contributed by atoms with Gasteiger partial charge in [-0.25, -0.2) is 0 Å². The number of para-hydroxylation sites is 1. The molecule has 0 radical (unpaired) electrons. The standard InChI is InChI=1S/C14H23N3O2/c1-4-9-19-12-8-6-7-11(14(12)15)16-10-13(18)17(3)5-2/h6-8,16H,4-5,9-10,15H2,1-3H3.